The highest BCUT2D eigenvalue weighted by atomic mass is 35.5. The summed E-state index contributed by atoms with van der Waals surface area (Å²) in [6.45, 7) is 0. The summed E-state index contributed by atoms with van der Waals surface area (Å²) >= 11 is 5.65. The van der Waals surface area contributed by atoms with Gasteiger partial charge in [0.15, 0.2) is 11.6 Å². The van der Waals surface area contributed by atoms with Crippen molar-refractivity contribution in [1.29, 1.82) is 0 Å². The van der Waals surface area contributed by atoms with Gasteiger partial charge in [0.05, 0.1) is 12.7 Å². The molecule has 1 heterocycles. The lowest BCUT2D eigenvalue weighted by Gasteiger charge is -2.15. The molecule has 1 aromatic heterocycles. The summed E-state index contributed by atoms with van der Waals surface area (Å²) in [6, 6.07) is 3.60. The van der Waals surface area contributed by atoms with Gasteiger partial charge in [0, 0.05) is 0 Å². The quantitative estimate of drug-likeness (QED) is 0.642. The van der Waals surface area contributed by atoms with Crippen LogP contribution in [0.3, 0.4) is 0 Å². The highest BCUT2D eigenvalue weighted by molar-refractivity contribution is 6.29. The third-order valence-electron chi connectivity index (χ3n) is 2.83. The maximum Gasteiger partial charge on any atom is 0.419 e. The number of hydrogen-bond acceptors (Lipinski definition) is 4. The van der Waals surface area contributed by atoms with Gasteiger partial charge in [0.2, 0.25) is 0 Å². The molecule has 0 aliphatic rings. The highest BCUT2D eigenvalue weighted by Gasteiger charge is 2.37. The van der Waals surface area contributed by atoms with Crippen LogP contribution in [0.2, 0.25) is 5.15 Å². The van der Waals surface area contributed by atoms with E-state index in [1.165, 1.54) is 19.2 Å². The van der Waals surface area contributed by atoms with Crippen molar-refractivity contribution in [2.24, 2.45) is 0 Å². The summed E-state index contributed by atoms with van der Waals surface area (Å²) in [6.07, 6.45) is -5.05. The fourth-order valence-corrected chi connectivity index (χ4v) is 1.95. The number of aromatic carboxylic acids is 1. The molecule has 5 nitrogen and oxygen atoms in total. The van der Waals surface area contributed by atoms with Crippen LogP contribution in [0.15, 0.2) is 24.3 Å². The molecule has 1 aromatic carbocycles. The molecule has 0 aliphatic heterocycles. The van der Waals surface area contributed by atoms with E-state index in [1.807, 2.05) is 0 Å². The van der Waals surface area contributed by atoms with Gasteiger partial charge in [-0.15, -0.1) is 0 Å². The molecule has 10 heteroatoms. The Morgan fingerprint density at radius 3 is 2.38 bits per heavy atom. The Morgan fingerprint density at radius 1 is 1.21 bits per heavy atom. The number of nitrogens with zero attached hydrogens (tertiary/aromatic N) is 1. The van der Waals surface area contributed by atoms with E-state index in [0.717, 1.165) is 0 Å². The topological polar surface area (TPSA) is 68.7 Å². The van der Waals surface area contributed by atoms with E-state index < -0.39 is 34.8 Å². The molecule has 0 radical (unpaired) electrons. The Morgan fingerprint density at radius 2 is 1.83 bits per heavy atom. The molecule has 128 valence electrons. The van der Waals surface area contributed by atoms with E-state index in [2.05, 4.69) is 4.98 Å². The monoisotopic (exact) mass is 365 g/mol. The van der Waals surface area contributed by atoms with E-state index in [9.17, 15) is 22.4 Å². The smallest absolute Gasteiger partial charge is 0.419 e. The number of halogens is 5. The molecule has 0 bridgehead atoms. The molecule has 0 amide bonds. The van der Waals surface area contributed by atoms with Crippen molar-refractivity contribution in [3.63, 3.8) is 0 Å². The van der Waals surface area contributed by atoms with Gasteiger partial charge in [-0.25, -0.2) is 9.18 Å². The van der Waals surface area contributed by atoms with Crippen molar-refractivity contribution in [2.45, 2.75) is 6.18 Å². The first-order chi connectivity index (χ1) is 11.1. The molecular weight excluding hydrogens is 358 g/mol. The largest absolute Gasteiger partial charge is 0.478 e. The fraction of sp³-hybridized carbons (Fsp3) is 0.143. The van der Waals surface area contributed by atoms with Crippen LogP contribution in [0.4, 0.5) is 17.6 Å². The minimum Gasteiger partial charge on any atom is -0.478 e. The third kappa shape index (κ3) is 3.51. The first-order valence-electron chi connectivity index (χ1n) is 6.16. The van der Waals surface area contributed by atoms with E-state index in [-0.39, 0.29) is 16.8 Å². The summed E-state index contributed by atoms with van der Waals surface area (Å²) in [4.78, 5) is 14.9. The Hall–Kier alpha value is -2.55. The summed E-state index contributed by atoms with van der Waals surface area (Å²) in [5, 5.41) is 9.07. The van der Waals surface area contributed by atoms with Crippen molar-refractivity contribution in [2.75, 3.05) is 7.11 Å². The number of methoxy groups -OCH3 is 1. The van der Waals surface area contributed by atoms with Crippen molar-refractivity contribution in [3.8, 4) is 17.4 Å². The number of carbonyl (C=O) groups is 1. The average molecular weight is 366 g/mol. The number of ether oxygens (including phenoxy) is 2. The number of alkyl halides is 3. The number of rotatable bonds is 4. The first kappa shape index (κ1) is 17.8. The fourth-order valence-electron chi connectivity index (χ4n) is 1.81. The maximum atomic E-state index is 14.0. The summed E-state index contributed by atoms with van der Waals surface area (Å²) in [5.41, 5.74) is -2.98. The molecular formula is C14H8ClF4NO4. The lowest BCUT2D eigenvalue weighted by Crippen LogP contribution is -2.13. The number of carboxylic acids is 1. The molecule has 0 atom stereocenters. The number of carboxylic acid groups (broad SMARTS) is 1. The van der Waals surface area contributed by atoms with Gasteiger partial charge in [-0.1, -0.05) is 11.6 Å². The zero-order valence-electron chi connectivity index (χ0n) is 11.8. The molecule has 0 unspecified atom stereocenters. The molecule has 0 saturated carbocycles. The maximum absolute atomic E-state index is 14.0. The highest BCUT2D eigenvalue weighted by Crippen LogP contribution is 2.38. The predicted molar refractivity (Wildman–Crippen MR) is 74.2 cm³/mol. The van der Waals surface area contributed by atoms with Crippen LogP contribution in [-0.2, 0) is 6.18 Å². The zero-order chi connectivity index (χ0) is 18.1. The molecule has 0 spiro atoms. The second kappa shape index (κ2) is 6.52. The summed E-state index contributed by atoms with van der Waals surface area (Å²) < 4.78 is 62.1. The number of pyridine rings is 1. The van der Waals surface area contributed by atoms with Crippen LogP contribution in [0.25, 0.3) is 0 Å². The Bertz CT molecular complexity index is 795. The molecule has 2 aromatic rings. The summed E-state index contributed by atoms with van der Waals surface area (Å²) in [7, 11) is 1.22. The molecule has 0 aliphatic carbocycles. The zero-order valence-corrected chi connectivity index (χ0v) is 12.6. The SMILES string of the molecule is COc1nc(Cl)ccc1Oc1ccc(C(F)(F)F)c(F)c1C(=O)O. The van der Waals surface area contributed by atoms with Crippen molar-refractivity contribution in [3.05, 3.63) is 46.4 Å². The van der Waals surface area contributed by atoms with E-state index in [4.69, 9.17) is 26.2 Å². The van der Waals surface area contributed by atoms with Crippen molar-refractivity contribution < 1.29 is 36.9 Å². The second-order valence-corrected chi connectivity index (χ2v) is 4.73. The lowest BCUT2D eigenvalue weighted by atomic mass is 10.1. The van der Waals surface area contributed by atoms with E-state index in [1.54, 1.807) is 0 Å². The Balaban J connectivity index is 2.56. The van der Waals surface area contributed by atoms with Gasteiger partial charge in [-0.05, 0) is 24.3 Å². The average Bonchev–Trinajstić information content (AvgIpc) is 2.47. The molecule has 24 heavy (non-hydrogen) atoms. The van der Waals surface area contributed by atoms with Gasteiger partial charge in [-0.2, -0.15) is 18.2 Å². The van der Waals surface area contributed by atoms with Crippen LogP contribution >= 0.6 is 11.6 Å². The van der Waals surface area contributed by atoms with Crippen LogP contribution in [0, 0.1) is 5.82 Å². The van der Waals surface area contributed by atoms with E-state index in [0.29, 0.717) is 12.1 Å². The third-order valence-corrected chi connectivity index (χ3v) is 3.04. The van der Waals surface area contributed by atoms with Gasteiger partial charge in [-0.3, -0.25) is 0 Å². The van der Waals surface area contributed by atoms with Gasteiger partial charge in [0.25, 0.3) is 5.88 Å². The normalized spacial score (nSPS) is 11.2. The Kier molecular flexibility index (Phi) is 4.83. The van der Waals surface area contributed by atoms with Gasteiger partial charge >= 0.3 is 12.1 Å². The van der Waals surface area contributed by atoms with Crippen LogP contribution in [0.1, 0.15) is 15.9 Å². The van der Waals surface area contributed by atoms with Crippen LogP contribution in [0.5, 0.6) is 17.4 Å². The predicted octanol–water partition coefficient (Wildman–Crippen LogP) is 4.39. The van der Waals surface area contributed by atoms with Crippen LogP contribution in [-0.4, -0.2) is 23.2 Å². The molecule has 0 fully saturated rings. The first-order valence-corrected chi connectivity index (χ1v) is 6.54. The minimum absolute atomic E-state index is 0.0382. The Labute approximate surface area is 137 Å². The van der Waals surface area contributed by atoms with Crippen molar-refractivity contribution in [1.82, 2.24) is 4.98 Å². The second-order valence-electron chi connectivity index (χ2n) is 4.35. The standard InChI is InChI=1S/C14H8ClF4NO4/c1-23-12-8(4-5-9(15)20-12)24-7-3-2-6(14(17,18)19)11(16)10(7)13(21)22/h2-5H,1H3,(H,21,22). The summed E-state index contributed by atoms with van der Waals surface area (Å²) in [5.74, 6) is -4.82. The number of hydrogen-bond donors (Lipinski definition) is 1. The van der Waals surface area contributed by atoms with Crippen LogP contribution < -0.4 is 9.47 Å². The number of benzene rings is 1. The minimum atomic E-state index is -5.05. The van der Waals surface area contributed by atoms with Gasteiger partial charge < -0.3 is 14.6 Å². The molecule has 1 N–H and O–H groups in total. The van der Waals surface area contributed by atoms with E-state index >= 15 is 0 Å². The van der Waals surface area contributed by atoms with Crippen molar-refractivity contribution >= 4 is 17.6 Å². The molecule has 2 rings (SSSR count). The van der Waals surface area contributed by atoms with Gasteiger partial charge in [0.1, 0.15) is 16.5 Å². The molecule has 0 saturated heterocycles. The lowest BCUT2D eigenvalue weighted by molar-refractivity contribution is -0.140. The number of aromatic nitrogens is 1.